The van der Waals surface area contributed by atoms with E-state index in [1.54, 1.807) is 11.0 Å². The molecule has 1 aliphatic carbocycles. The lowest BCUT2D eigenvalue weighted by Crippen LogP contribution is -2.59. The first kappa shape index (κ1) is 13.3. The van der Waals surface area contributed by atoms with Crippen molar-refractivity contribution in [3.63, 3.8) is 0 Å². The molecule has 2 fully saturated rings. The van der Waals surface area contributed by atoms with Crippen LogP contribution in [0.2, 0.25) is 5.15 Å². The summed E-state index contributed by atoms with van der Waals surface area (Å²) in [5.41, 5.74) is 0.468. The standard InChI is InChI=1S/C15H18ClN3O2/c1-18-11-2-3-12(16)17-13(11)19(10-4-8-21-9-5-10)15(6-7-15)14(18)20/h2-3,10H,4-9H2,1H3. The Labute approximate surface area is 128 Å². The van der Waals surface area contributed by atoms with Crippen molar-refractivity contribution in [3.8, 4) is 0 Å². The molecule has 112 valence electrons. The van der Waals surface area contributed by atoms with Gasteiger partial charge in [0, 0.05) is 26.3 Å². The maximum absolute atomic E-state index is 12.8. The number of amides is 1. The van der Waals surface area contributed by atoms with Gasteiger partial charge in [0.2, 0.25) is 0 Å². The van der Waals surface area contributed by atoms with Gasteiger partial charge in [-0.3, -0.25) is 4.79 Å². The van der Waals surface area contributed by atoms with Crippen molar-refractivity contribution >= 4 is 29.0 Å². The van der Waals surface area contributed by atoms with E-state index in [9.17, 15) is 4.79 Å². The quantitative estimate of drug-likeness (QED) is 0.746. The fourth-order valence-corrected chi connectivity index (χ4v) is 3.77. The first-order valence-electron chi connectivity index (χ1n) is 7.45. The third-order valence-electron chi connectivity index (χ3n) is 4.85. The van der Waals surface area contributed by atoms with E-state index in [2.05, 4.69) is 9.88 Å². The normalized spacial score (nSPS) is 24.4. The molecule has 0 N–H and O–H groups in total. The average Bonchev–Trinajstić information content (AvgIpc) is 3.28. The highest BCUT2D eigenvalue weighted by Gasteiger charge is 2.61. The van der Waals surface area contributed by atoms with Crippen LogP contribution in [0.1, 0.15) is 25.7 Å². The Kier molecular flexibility index (Phi) is 2.91. The van der Waals surface area contributed by atoms with E-state index < -0.39 is 0 Å². The molecule has 3 aliphatic rings. The third-order valence-corrected chi connectivity index (χ3v) is 5.06. The summed E-state index contributed by atoms with van der Waals surface area (Å²) < 4.78 is 5.47. The van der Waals surface area contributed by atoms with Crippen LogP contribution in [-0.4, -0.2) is 42.7 Å². The van der Waals surface area contributed by atoms with Crippen LogP contribution < -0.4 is 9.80 Å². The number of hydrogen-bond donors (Lipinski definition) is 0. The molecule has 5 nitrogen and oxygen atoms in total. The van der Waals surface area contributed by atoms with Crippen molar-refractivity contribution in [3.05, 3.63) is 17.3 Å². The van der Waals surface area contributed by atoms with Crippen molar-refractivity contribution in [2.75, 3.05) is 30.1 Å². The molecule has 2 aliphatic heterocycles. The molecule has 1 amide bonds. The number of halogens is 1. The average molecular weight is 308 g/mol. The molecule has 0 atom stereocenters. The molecule has 1 aromatic rings. The first-order chi connectivity index (χ1) is 10.1. The van der Waals surface area contributed by atoms with Crippen molar-refractivity contribution < 1.29 is 9.53 Å². The summed E-state index contributed by atoms with van der Waals surface area (Å²) in [6.07, 6.45) is 3.68. The smallest absolute Gasteiger partial charge is 0.252 e. The predicted octanol–water partition coefficient (Wildman–Crippen LogP) is 2.23. The Bertz CT molecular complexity index is 597. The van der Waals surface area contributed by atoms with Crippen LogP contribution in [0.5, 0.6) is 0 Å². The summed E-state index contributed by atoms with van der Waals surface area (Å²) in [5.74, 6) is 1.04. The summed E-state index contributed by atoms with van der Waals surface area (Å²) in [6.45, 7) is 1.49. The highest BCUT2D eigenvalue weighted by Crippen LogP contribution is 2.53. The van der Waals surface area contributed by atoms with E-state index in [-0.39, 0.29) is 11.4 Å². The molecule has 0 radical (unpaired) electrons. The van der Waals surface area contributed by atoms with Crippen LogP contribution in [0.3, 0.4) is 0 Å². The van der Waals surface area contributed by atoms with Crippen molar-refractivity contribution in [1.82, 2.24) is 4.98 Å². The summed E-state index contributed by atoms with van der Waals surface area (Å²) in [5, 5.41) is 0.476. The number of fused-ring (bicyclic) bond motifs is 1. The second kappa shape index (κ2) is 4.58. The van der Waals surface area contributed by atoms with E-state index in [4.69, 9.17) is 16.3 Å². The van der Waals surface area contributed by atoms with Gasteiger partial charge >= 0.3 is 0 Å². The van der Waals surface area contributed by atoms with Crippen LogP contribution in [0.25, 0.3) is 0 Å². The molecule has 1 aromatic heterocycles. The van der Waals surface area contributed by atoms with Crippen molar-refractivity contribution in [2.24, 2.45) is 0 Å². The van der Waals surface area contributed by atoms with Gasteiger partial charge in [-0.05, 0) is 37.8 Å². The summed E-state index contributed by atoms with van der Waals surface area (Å²) in [4.78, 5) is 21.3. The highest BCUT2D eigenvalue weighted by atomic mass is 35.5. The van der Waals surface area contributed by atoms with Gasteiger partial charge in [-0.15, -0.1) is 0 Å². The number of rotatable bonds is 1. The minimum atomic E-state index is -0.387. The second-order valence-electron chi connectivity index (χ2n) is 6.09. The first-order valence-corrected chi connectivity index (χ1v) is 7.83. The molecular formula is C15H18ClN3O2. The number of anilines is 2. The number of carbonyl (C=O) groups excluding carboxylic acids is 1. The summed E-state index contributed by atoms with van der Waals surface area (Å²) >= 11 is 6.11. The Morgan fingerprint density at radius 1 is 1.33 bits per heavy atom. The minimum absolute atomic E-state index is 0.186. The fourth-order valence-electron chi connectivity index (χ4n) is 3.62. The van der Waals surface area contributed by atoms with Gasteiger partial charge in [-0.2, -0.15) is 0 Å². The van der Waals surface area contributed by atoms with Gasteiger partial charge in [-0.1, -0.05) is 11.6 Å². The Morgan fingerprint density at radius 2 is 2.05 bits per heavy atom. The molecule has 0 unspecified atom stereocenters. The number of carbonyl (C=O) groups is 1. The molecule has 0 bridgehead atoms. The fraction of sp³-hybridized carbons (Fsp3) is 0.600. The number of aromatic nitrogens is 1. The van der Waals surface area contributed by atoms with Gasteiger partial charge in [0.25, 0.3) is 5.91 Å². The Hall–Kier alpha value is -1.33. The van der Waals surface area contributed by atoms with Crippen LogP contribution in [0.15, 0.2) is 12.1 Å². The maximum Gasteiger partial charge on any atom is 0.252 e. The molecule has 21 heavy (non-hydrogen) atoms. The highest BCUT2D eigenvalue weighted by molar-refractivity contribution is 6.29. The maximum atomic E-state index is 12.8. The van der Waals surface area contributed by atoms with Gasteiger partial charge < -0.3 is 14.5 Å². The number of nitrogens with zero attached hydrogens (tertiary/aromatic N) is 3. The van der Waals surface area contributed by atoms with E-state index in [1.165, 1.54) is 0 Å². The molecule has 1 spiro atoms. The zero-order valence-electron chi connectivity index (χ0n) is 12.0. The monoisotopic (exact) mass is 307 g/mol. The van der Waals surface area contributed by atoms with Crippen LogP contribution in [-0.2, 0) is 9.53 Å². The van der Waals surface area contributed by atoms with Gasteiger partial charge in [0.15, 0.2) is 5.82 Å². The molecule has 1 saturated heterocycles. The summed E-state index contributed by atoms with van der Waals surface area (Å²) in [7, 11) is 1.83. The Balaban J connectivity index is 1.84. The molecule has 1 saturated carbocycles. The van der Waals surface area contributed by atoms with Gasteiger partial charge in [0.1, 0.15) is 10.7 Å². The van der Waals surface area contributed by atoms with Crippen molar-refractivity contribution in [1.29, 1.82) is 0 Å². The SMILES string of the molecule is CN1C(=O)C2(CC2)N(C2CCOCC2)c2nc(Cl)ccc21. The number of ether oxygens (including phenoxy) is 1. The topological polar surface area (TPSA) is 45.7 Å². The molecular weight excluding hydrogens is 290 g/mol. The van der Waals surface area contributed by atoms with Crippen molar-refractivity contribution in [2.45, 2.75) is 37.3 Å². The lowest BCUT2D eigenvalue weighted by Gasteiger charge is -2.46. The van der Waals surface area contributed by atoms with E-state index in [0.717, 1.165) is 50.4 Å². The lowest BCUT2D eigenvalue weighted by molar-refractivity contribution is -0.121. The van der Waals surface area contributed by atoms with E-state index >= 15 is 0 Å². The minimum Gasteiger partial charge on any atom is -0.381 e. The number of pyridine rings is 1. The second-order valence-corrected chi connectivity index (χ2v) is 6.47. The Morgan fingerprint density at radius 3 is 2.71 bits per heavy atom. The third kappa shape index (κ3) is 1.87. The predicted molar refractivity (Wildman–Crippen MR) is 80.9 cm³/mol. The van der Waals surface area contributed by atoms with Gasteiger partial charge in [0.05, 0.1) is 5.69 Å². The summed E-state index contributed by atoms with van der Waals surface area (Å²) in [6, 6.07) is 3.95. The lowest BCUT2D eigenvalue weighted by atomic mass is 9.99. The largest absolute Gasteiger partial charge is 0.381 e. The molecule has 4 rings (SSSR count). The van der Waals surface area contributed by atoms with Crippen LogP contribution in [0, 0.1) is 0 Å². The molecule has 3 heterocycles. The van der Waals surface area contributed by atoms with Crippen LogP contribution in [0.4, 0.5) is 11.5 Å². The number of hydrogen-bond acceptors (Lipinski definition) is 4. The zero-order valence-corrected chi connectivity index (χ0v) is 12.8. The zero-order chi connectivity index (χ0) is 14.6. The van der Waals surface area contributed by atoms with Crippen LogP contribution >= 0.6 is 11.6 Å². The number of likely N-dealkylation sites (N-methyl/N-ethyl adjacent to an activating group) is 1. The van der Waals surface area contributed by atoms with E-state index in [1.807, 2.05) is 13.1 Å². The van der Waals surface area contributed by atoms with Gasteiger partial charge in [-0.25, -0.2) is 4.98 Å². The molecule has 6 heteroatoms. The van der Waals surface area contributed by atoms with E-state index in [0.29, 0.717) is 11.2 Å². The molecule has 0 aromatic carbocycles.